The van der Waals surface area contributed by atoms with Crippen LogP contribution in [0.4, 0.5) is 0 Å². The van der Waals surface area contributed by atoms with E-state index in [0.717, 1.165) is 5.65 Å². The van der Waals surface area contributed by atoms with Gasteiger partial charge in [0.2, 0.25) is 0 Å². The van der Waals surface area contributed by atoms with Crippen LogP contribution < -0.4 is 5.43 Å². The summed E-state index contributed by atoms with van der Waals surface area (Å²) in [5.74, 6) is 0.667. The highest BCUT2D eigenvalue weighted by atomic mass is 16.1. The Hall–Kier alpha value is -1.51. The number of nitrogens with zero attached hydrogens (tertiary/aromatic N) is 1. The minimum Gasteiger partial charge on any atom is -0.343 e. The van der Waals surface area contributed by atoms with Crippen molar-refractivity contribution in [2.75, 3.05) is 0 Å². The highest BCUT2D eigenvalue weighted by molar-refractivity contribution is 5.40. The van der Waals surface area contributed by atoms with E-state index < -0.39 is 0 Å². The molecule has 2 aromatic heterocycles. The molecule has 0 aliphatic heterocycles. The molecule has 15 heavy (non-hydrogen) atoms. The van der Waals surface area contributed by atoms with Crippen LogP contribution in [-0.4, -0.2) is 9.38 Å². The first-order valence-electron chi connectivity index (χ1n) is 5.54. The van der Waals surface area contributed by atoms with E-state index in [4.69, 9.17) is 0 Å². The lowest BCUT2D eigenvalue weighted by molar-refractivity contribution is 0.703. The lowest BCUT2D eigenvalue weighted by Crippen LogP contribution is -1.97. The summed E-state index contributed by atoms with van der Waals surface area (Å²) >= 11 is 0. The van der Waals surface area contributed by atoms with E-state index in [-0.39, 0.29) is 5.43 Å². The van der Waals surface area contributed by atoms with Gasteiger partial charge in [-0.1, -0.05) is 12.8 Å². The molecule has 0 atom stereocenters. The molecule has 78 valence electrons. The van der Waals surface area contributed by atoms with Crippen LogP contribution in [0.3, 0.4) is 0 Å². The fourth-order valence-electron chi connectivity index (χ4n) is 2.48. The summed E-state index contributed by atoms with van der Waals surface area (Å²) in [5, 5.41) is 0. The van der Waals surface area contributed by atoms with Crippen molar-refractivity contribution in [3.8, 4) is 0 Å². The van der Waals surface area contributed by atoms with Gasteiger partial charge in [-0.25, -0.2) is 0 Å². The molecule has 3 rings (SSSR count). The van der Waals surface area contributed by atoms with Crippen LogP contribution in [0.2, 0.25) is 0 Å². The number of H-pyrrole nitrogens is 1. The molecule has 0 unspecified atom stereocenters. The minimum absolute atomic E-state index is 0.0646. The maximum Gasteiger partial charge on any atom is 0.183 e. The first-order valence-corrected chi connectivity index (χ1v) is 5.54. The zero-order chi connectivity index (χ0) is 10.3. The summed E-state index contributed by atoms with van der Waals surface area (Å²) in [6.07, 6.45) is 9.15. The largest absolute Gasteiger partial charge is 0.343 e. The molecule has 0 radical (unpaired) electrons. The smallest absolute Gasteiger partial charge is 0.183 e. The van der Waals surface area contributed by atoms with Crippen LogP contribution in [0.15, 0.2) is 29.3 Å². The van der Waals surface area contributed by atoms with Gasteiger partial charge in [-0.3, -0.25) is 4.79 Å². The zero-order valence-corrected chi connectivity index (χ0v) is 8.57. The summed E-state index contributed by atoms with van der Waals surface area (Å²) < 4.78 is 2.00. The lowest BCUT2D eigenvalue weighted by atomic mass is 10.1. The van der Waals surface area contributed by atoms with Crippen molar-refractivity contribution in [2.24, 2.45) is 0 Å². The average molecular weight is 202 g/mol. The average Bonchev–Trinajstić information content (AvgIpc) is 2.84. The van der Waals surface area contributed by atoms with Crippen LogP contribution in [0, 0.1) is 0 Å². The summed E-state index contributed by atoms with van der Waals surface area (Å²) in [6, 6.07) is 3.25. The van der Waals surface area contributed by atoms with E-state index in [1.807, 2.05) is 10.6 Å². The maximum absolute atomic E-state index is 11.2. The van der Waals surface area contributed by atoms with Crippen LogP contribution in [-0.2, 0) is 0 Å². The lowest BCUT2D eigenvalue weighted by Gasteiger charge is -2.03. The monoisotopic (exact) mass is 202 g/mol. The fourth-order valence-corrected chi connectivity index (χ4v) is 2.48. The molecular weight excluding hydrogens is 188 g/mol. The van der Waals surface area contributed by atoms with E-state index in [2.05, 4.69) is 11.2 Å². The number of aromatic amines is 1. The van der Waals surface area contributed by atoms with Gasteiger partial charge >= 0.3 is 0 Å². The molecule has 1 N–H and O–H groups in total. The molecule has 1 aliphatic rings. The number of nitrogens with one attached hydrogen (secondary N) is 1. The van der Waals surface area contributed by atoms with Crippen LogP contribution in [0.25, 0.3) is 5.65 Å². The summed E-state index contributed by atoms with van der Waals surface area (Å²) in [5.41, 5.74) is 2.25. The normalized spacial score (nSPS) is 17.6. The van der Waals surface area contributed by atoms with Gasteiger partial charge in [-0.05, 0) is 12.8 Å². The van der Waals surface area contributed by atoms with Gasteiger partial charge in [0, 0.05) is 36.1 Å². The standard InChI is InChI=1S/C12H14N2O/c15-10-5-6-14-8-11(13-12(14)7-10)9-3-1-2-4-9/h5-9,13H,1-4H2. The molecular formula is C12H14N2O. The van der Waals surface area contributed by atoms with Crippen LogP contribution >= 0.6 is 0 Å². The number of imidazole rings is 1. The van der Waals surface area contributed by atoms with E-state index in [1.165, 1.54) is 31.4 Å². The first-order chi connectivity index (χ1) is 7.33. The van der Waals surface area contributed by atoms with Crippen molar-refractivity contribution in [2.45, 2.75) is 31.6 Å². The summed E-state index contributed by atoms with van der Waals surface area (Å²) in [7, 11) is 0. The molecule has 0 bridgehead atoms. The second-order valence-electron chi connectivity index (χ2n) is 4.35. The van der Waals surface area contributed by atoms with E-state index >= 15 is 0 Å². The van der Waals surface area contributed by atoms with E-state index in [1.54, 1.807) is 12.1 Å². The summed E-state index contributed by atoms with van der Waals surface area (Å²) in [6.45, 7) is 0. The molecule has 3 heteroatoms. The molecule has 2 aromatic rings. The Bertz CT molecular complexity index is 532. The van der Waals surface area contributed by atoms with Gasteiger partial charge in [0.15, 0.2) is 5.43 Å². The van der Waals surface area contributed by atoms with Gasteiger partial charge < -0.3 is 9.38 Å². The predicted molar refractivity (Wildman–Crippen MR) is 59.2 cm³/mol. The number of rotatable bonds is 1. The van der Waals surface area contributed by atoms with E-state index in [9.17, 15) is 4.79 Å². The van der Waals surface area contributed by atoms with Crippen molar-refractivity contribution in [1.82, 2.24) is 9.38 Å². The Labute approximate surface area is 87.7 Å². The maximum atomic E-state index is 11.2. The van der Waals surface area contributed by atoms with Gasteiger partial charge in [-0.2, -0.15) is 0 Å². The second-order valence-corrected chi connectivity index (χ2v) is 4.35. The molecule has 0 aromatic carbocycles. The fraction of sp³-hybridized carbons (Fsp3) is 0.417. The van der Waals surface area contributed by atoms with Crippen molar-refractivity contribution >= 4 is 5.65 Å². The number of hydrogen-bond acceptors (Lipinski definition) is 1. The quantitative estimate of drug-likeness (QED) is 0.756. The van der Waals surface area contributed by atoms with Gasteiger partial charge in [0.1, 0.15) is 5.65 Å². The second kappa shape index (κ2) is 3.26. The zero-order valence-electron chi connectivity index (χ0n) is 8.57. The number of fused-ring (bicyclic) bond motifs is 1. The third-order valence-corrected chi connectivity index (χ3v) is 3.30. The highest BCUT2D eigenvalue weighted by Gasteiger charge is 2.18. The Morgan fingerprint density at radius 2 is 2.13 bits per heavy atom. The third kappa shape index (κ3) is 1.48. The first kappa shape index (κ1) is 8.77. The molecule has 1 fully saturated rings. The molecule has 1 aliphatic carbocycles. The Balaban J connectivity index is 2.09. The minimum atomic E-state index is 0.0646. The Morgan fingerprint density at radius 3 is 2.93 bits per heavy atom. The van der Waals surface area contributed by atoms with Crippen molar-refractivity contribution in [1.29, 1.82) is 0 Å². The predicted octanol–water partition coefficient (Wildman–Crippen LogP) is 2.29. The molecule has 3 nitrogen and oxygen atoms in total. The molecule has 0 spiro atoms. The Morgan fingerprint density at radius 1 is 1.33 bits per heavy atom. The van der Waals surface area contributed by atoms with Crippen LogP contribution in [0.5, 0.6) is 0 Å². The number of aromatic nitrogens is 2. The molecule has 0 saturated heterocycles. The van der Waals surface area contributed by atoms with Crippen LogP contribution in [0.1, 0.15) is 37.3 Å². The number of pyridine rings is 1. The number of hydrogen-bond donors (Lipinski definition) is 1. The van der Waals surface area contributed by atoms with Crippen molar-refractivity contribution < 1.29 is 0 Å². The van der Waals surface area contributed by atoms with E-state index in [0.29, 0.717) is 5.92 Å². The molecule has 0 amide bonds. The highest BCUT2D eigenvalue weighted by Crippen LogP contribution is 2.33. The van der Waals surface area contributed by atoms with Crippen molar-refractivity contribution in [3.63, 3.8) is 0 Å². The van der Waals surface area contributed by atoms with Gasteiger partial charge in [0.25, 0.3) is 0 Å². The van der Waals surface area contributed by atoms with Gasteiger partial charge in [0.05, 0.1) is 0 Å². The SMILES string of the molecule is O=c1ccn2cc(C3CCCC3)[nH]c2c1. The summed E-state index contributed by atoms with van der Waals surface area (Å²) in [4.78, 5) is 14.5. The Kier molecular flexibility index (Phi) is 1.91. The molecule has 1 saturated carbocycles. The van der Waals surface area contributed by atoms with Gasteiger partial charge in [-0.15, -0.1) is 0 Å². The third-order valence-electron chi connectivity index (χ3n) is 3.30. The van der Waals surface area contributed by atoms with Crippen molar-refractivity contribution in [3.05, 3.63) is 40.4 Å². The molecule has 2 heterocycles. The topological polar surface area (TPSA) is 37.3 Å².